The van der Waals surface area contributed by atoms with Gasteiger partial charge >= 0.3 is 0 Å². The summed E-state index contributed by atoms with van der Waals surface area (Å²) in [5.74, 6) is 0. The van der Waals surface area contributed by atoms with Gasteiger partial charge in [-0.15, -0.1) is 0 Å². The van der Waals surface area contributed by atoms with E-state index in [1.54, 1.807) is 12.1 Å². The number of alkyl halides is 1. The van der Waals surface area contributed by atoms with Crippen molar-refractivity contribution in [1.82, 2.24) is 0 Å². The summed E-state index contributed by atoms with van der Waals surface area (Å²) in [5.41, 5.74) is 5.81. The maximum absolute atomic E-state index is 13.7. The van der Waals surface area contributed by atoms with Crippen molar-refractivity contribution < 1.29 is 4.39 Å². The monoisotopic (exact) mass is 243 g/mol. The Morgan fingerprint density at radius 1 is 1.25 bits per heavy atom. The van der Waals surface area contributed by atoms with Gasteiger partial charge in [0.15, 0.2) is 0 Å². The Hall–Kier alpha value is -0.600. The van der Waals surface area contributed by atoms with Crippen molar-refractivity contribution >= 4 is 11.6 Å². The molecule has 0 amide bonds. The quantitative estimate of drug-likeness (QED) is 0.858. The highest BCUT2D eigenvalue weighted by Gasteiger charge is 2.21. The van der Waals surface area contributed by atoms with Crippen LogP contribution in [0.15, 0.2) is 18.2 Å². The number of hydrogen-bond donors (Lipinski definition) is 1. The SMILES string of the molecule is CC(C)(N)Cc1ccc(C(C)(C)F)cc1Cl. The Bertz CT molecular complexity index is 374. The molecule has 0 aliphatic rings. The lowest BCUT2D eigenvalue weighted by atomic mass is 9.93. The van der Waals surface area contributed by atoms with Crippen LogP contribution < -0.4 is 5.73 Å². The second-order valence-corrected chi connectivity index (χ2v) is 5.85. The van der Waals surface area contributed by atoms with Gasteiger partial charge in [0.25, 0.3) is 0 Å². The lowest BCUT2D eigenvalue weighted by molar-refractivity contribution is 0.221. The van der Waals surface area contributed by atoms with Crippen LogP contribution >= 0.6 is 11.6 Å². The van der Waals surface area contributed by atoms with E-state index in [1.165, 1.54) is 13.8 Å². The molecule has 0 bridgehead atoms. The van der Waals surface area contributed by atoms with Crippen LogP contribution in [0.5, 0.6) is 0 Å². The second kappa shape index (κ2) is 4.34. The molecule has 90 valence electrons. The van der Waals surface area contributed by atoms with Gasteiger partial charge in [-0.3, -0.25) is 0 Å². The van der Waals surface area contributed by atoms with E-state index in [1.807, 2.05) is 19.9 Å². The minimum Gasteiger partial charge on any atom is -0.325 e. The topological polar surface area (TPSA) is 26.0 Å². The maximum atomic E-state index is 13.7. The Balaban J connectivity index is 3.01. The Morgan fingerprint density at radius 2 is 1.81 bits per heavy atom. The first-order valence-electron chi connectivity index (χ1n) is 5.36. The van der Waals surface area contributed by atoms with Crippen molar-refractivity contribution in [3.63, 3.8) is 0 Å². The molecule has 0 aliphatic carbocycles. The maximum Gasteiger partial charge on any atom is 0.130 e. The first-order valence-corrected chi connectivity index (χ1v) is 5.74. The van der Waals surface area contributed by atoms with Crippen molar-refractivity contribution in [2.75, 3.05) is 0 Å². The standard InChI is InChI=1S/C13H19ClFN/c1-12(2,16)8-9-5-6-10(7-11(9)14)13(3,4)15/h5-7H,8,16H2,1-4H3. The summed E-state index contributed by atoms with van der Waals surface area (Å²) in [6.45, 7) is 6.92. The van der Waals surface area contributed by atoms with Crippen LogP contribution in [0.1, 0.15) is 38.8 Å². The van der Waals surface area contributed by atoms with E-state index in [-0.39, 0.29) is 5.54 Å². The van der Waals surface area contributed by atoms with Crippen LogP contribution in [-0.2, 0) is 12.1 Å². The molecule has 1 aromatic rings. The summed E-state index contributed by atoms with van der Waals surface area (Å²) in [7, 11) is 0. The fourth-order valence-corrected chi connectivity index (χ4v) is 1.80. The molecular formula is C13H19ClFN. The number of rotatable bonds is 3. The van der Waals surface area contributed by atoms with E-state index in [0.29, 0.717) is 17.0 Å². The molecule has 1 aromatic carbocycles. The van der Waals surface area contributed by atoms with E-state index in [4.69, 9.17) is 17.3 Å². The highest BCUT2D eigenvalue weighted by Crippen LogP contribution is 2.29. The summed E-state index contributed by atoms with van der Waals surface area (Å²) in [5, 5.41) is 0.585. The summed E-state index contributed by atoms with van der Waals surface area (Å²) < 4.78 is 13.7. The van der Waals surface area contributed by atoms with Crippen LogP contribution in [0.25, 0.3) is 0 Å². The summed E-state index contributed by atoms with van der Waals surface area (Å²) >= 11 is 6.12. The highest BCUT2D eigenvalue weighted by atomic mass is 35.5. The molecular weight excluding hydrogens is 225 g/mol. The van der Waals surface area contributed by atoms with E-state index >= 15 is 0 Å². The molecule has 0 saturated carbocycles. The van der Waals surface area contributed by atoms with Crippen molar-refractivity contribution in [2.45, 2.75) is 45.3 Å². The zero-order chi connectivity index (χ0) is 12.6. The Kier molecular flexibility index (Phi) is 3.65. The van der Waals surface area contributed by atoms with Gasteiger partial charge in [0.1, 0.15) is 5.67 Å². The third kappa shape index (κ3) is 3.76. The fourth-order valence-electron chi connectivity index (χ4n) is 1.55. The lowest BCUT2D eigenvalue weighted by Crippen LogP contribution is -2.34. The van der Waals surface area contributed by atoms with Gasteiger partial charge in [0, 0.05) is 10.6 Å². The average molecular weight is 244 g/mol. The van der Waals surface area contributed by atoms with Crippen LogP contribution in [0.3, 0.4) is 0 Å². The molecule has 3 heteroatoms. The van der Waals surface area contributed by atoms with Crippen LogP contribution in [-0.4, -0.2) is 5.54 Å². The Labute approximate surface area is 102 Å². The molecule has 0 spiro atoms. The van der Waals surface area contributed by atoms with Crippen LogP contribution in [0.4, 0.5) is 4.39 Å². The summed E-state index contributed by atoms with van der Waals surface area (Å²) in [4.78, 5) is 0. The number of nitrogens with two attached hydrogens (primary N) is 1. The second-order valence-electron chi connectivity index (χ2n) is 5.44. The summed E-state index contributed by atoms with van der Waals surface area (Å²) in [6, 6.07) is 5.31. The van der Waals surface area contributed by atoms with Gasteiger partial charge in [0.2, 0.25) is 0 Å². The van der Waals surface area contributed by atoms with E-state index in [0.717, 1.165) is 5.56 Å². The predicted octanol–water partition coefficient (Wildman–Crippen LogP) is 3.82. The fraction of sp³-hybridized carbons (Fsp3) is 0.538. The molecule has 0 heterocycles. The molecule has 0 unspecified atom stereocenters. The highest BCUT2D eigenvalue weighted by molar-refractivity contribution is 6.31. The minimum atomic E-state index is -1.36. The lowest BCUT2D eigenvalue weighted by Gasteiger charge is -2.21. The van der Waals surface area contributed by atoms with Crippen molar-refractivity contribution in [3.05, 3.63) is 34.3 Å². The van der Waals surface area contributed by atoms with E-state index in [2.05, 4.69) is 0 Å². The number of halogens is 2. The molecule has 2 N–H and O–H groups in total. The molecule has 1 rings (SSSR count). The zero-order valence-electron chi connectivity index (χ0n) is 10.3. The minimum absolute atomic E-state index is 0.309. The molecule has 0 fully saturated rings. The van der Waals surface area contributed by atoms with Crippen molar-refractivity contribution in [2.24, 2.45) is 5.73 Å². The molecule has 0 saturated heterocycles. The van der Waals surface area contributed by atoms with Gasteiger partial charge in [-0.05, 0) is 51.3 Å². The molecule has 0 aliphatic heterocycles. The Morgan fingerprint density at radius 3 is 2.19 bits per heavy atom. The van der Waals surface area contributed by atoms with E-state index < -0.39 is 5.67 Å². The first kappa shape index (κ1) is 13.5. The summed E-state index contributed by atoms with van der Waals surface area (Å²) in [6.07, 6.45) is 0.679. The number of hydrogen-bond acceptors (Lipinski definition) is 1. The van der Waals surface area contributed by atoms with Crippen LogP contribution in [0, 0.1) is 0 Å². The molecule has 1 nitrogen and oxygen atoms in total. The largest absolute Gasteiger partial charge is 0.325 e. The predicted molar refractivity (Wildman–Crippen MR) is 67.6 cm³/mol. The van der Waals surface area contributed by atoms with Crippen LogP contribution in [0.2, 0.25) is 5.02 Å². The third-order valence-corrected chi connectivity index (χ3v) is 2.74. The smallest absolute Gasteiger partial charge is 0.130 e. The van der Waals surface area contributed by atoms with E-state index in [9.17, 15) is 4.39 Å². The van der Waals surface area contributed by atoms with Crippen molar-refractivity contribution in [3.8, 4) is 0 Å². The van der Waals surface area contributed by atoms with Gasteiger partial charge < -0.3 is 5.73 Å². The first-order chi connectivity index (χ1) is 7.09. The van der Waals surface area contributed by atoms with Gasteiger partial charge in [0.05, 0.1) is 0 Å². The molecule has 0 atom stereocenters. The molecule has 0 radical (unpaired) electrons. The number of benzene rings is 1. The molecule has 16 heavy (non-hydrogen) atoms. The van der Waals surface area contributed by atoms with Crippen molar-refractivity contribution in [1.29, 1.82) is 0 Å². The average Bonchev–Trinajstić information content (AvgIpc) is 2.04. The molecule has 0 aromatic heterocycles. The van der Waals surface area contributed by atoms with Gasteiger partial charge in [-0.25, -0.2) is 4.39 Å². The van der Waals surface area contributed by atoms with Gasteiger partial charge in [-0.1, -0.05) is 23.7 Å². The third-order valence-electron chi connectivity index (χ3n) is 2.39. The normalized spacial score (nSPS) is 12.9. The zero-order valence-corrected chi connectivity index (χ0v) is 11.0. The van der Waals surface area contributed by atoms with Gasteiger partial charge in [-0.2, -0.15) is 0 Å².